The molecule has 0 radical (unpaired) electrons. The highest BCUT2D eigenvalue weighted by atomic mass is 32.2. The van der Waals surface area contributed by atoms with E-state index in [1.54, 1.807) is 17.8 Å². The number of hydrogen-bond acceptors (Lipinski definition) is 9. The summed E-state index contributed by atoms with van der Waals surface area (Å²) in [5, 5.41) is 14.9. The minimum Gasteiger partial charge on any atom is -0.488 e. The molecule has 0 saturated heterocycles. The molecule has 0 fully saturated rings. The molecule has 0 aliphatic carbocycles. The topological polar surface area (TPSA) is 141 Å². The molecule has 0 bridgehead atoms. The molecule has 0 aliphatic heterocycles. The Hall–Kier alpha value is -5.20. The van der Waals surface area contributed by atoms with Crippen molar-refractivity contribution in [2.24, 2.45) is 0 Å². The van der Waals surface area contributed by atoms with E-state index in [2.05, 4.69) is 10.0 Å². The smallest absolute Gasteiger partial charge is 0.293 e. The fraction of sp³-hybridized carbons (Fsp3) is 0.167. The summed E-state index contributed by atoms with van der Waals surface area (Å²) in [4.78, 5) is 30.0. The number of aromatic nitrogens is 1. The Bertz CT molecular complexity index is 2010. The number of thioether (sulfide) groups is 1. The van der Waals surface area contributed by atoms with Gasteiger partial charge in [0, 0.05) is 28.8 Å². The summed E-state index contributed by atoms with van der Waals surface area (Å²) in [7, 11) is -4.47. The molecular formula is C36H34N4O6S2. The summed E-state index contributed by atoms with van der Waals surface area (Å²) < 4.78 is 34.8. The van der Waals surface area contributed by atoms with Gasteiger partial charge in [-0.2, -0.15) is 0 Å². The van der Waals surface area contributed by atoms with Crippen LogP contribution in [0.2, 0.25) is 0 Å². The Kier molecular flexibility index (Phi) is 11.1. The Labute approximate surface area is 283 Å². The van der Waals surface area contributed by atoms with E-state index in [1.165, 1.54) is 18.2 Å². The molecule has 12 heteroatoms. The van der Waals surface area contributed by atoms with Crippen molar-refractivity contribution in [2.45, 2.75) is 36.2 Å². The van der Waals surface area contributed by atoms with Gasteiger partial charge in [0.25, 0.3) is 21.6 Å². The van der Waals surface area contributed by atoms with E-state index in [0.29, 0.717) is 36.0 Å². The van der Waals surface area contributed by atoms with Crippen molar-refractivity contribution < 1.29 is 22.9 Å². The average molecular weight is 683 g/mol. The van der Waals surface area contributed by atoms with Gasteiger partial charge in [0.05, 0.1) is 26.8 Å². The molecule has 5 rings (SSSR count). The molecule has 246 valence electrons. The van der Waals surface area contributed by atoms with Crippen LogP contribution in [0.15, 0.2) is 125 Å². The van der Waals surface area contributed by atoms with Crippen LogP contribution in [0, 0.1) is 10.1 Å². The average Bonchev–Trinajstić information content (AvgIpc) is 3.09. The normalized spacial score (nSPS) is 11.2. The number of ether oxygens (including phenoxy) is 1. The van der Waals surface area contributed by atoms with Gasteiger partial charge in [-0.3, -0.25) is 19.9 Å². The van der Waals surface area contributed by atoms with Gasteiger partial charge in [-0.15, -0.1) is 11.8 Å². The molecule has 1 heterocycles. The fourth-order valence-electron chi connectivity index (χ4n) is 4.88. The van der Waals surface area contributed by atoms with E-state index >= 15 is 0 Å². The van der Waals surface area contributed by atoms with Crippen LogP contribution in [0.1, 0.15) is 41.4 Å². The lowest BCUT2D eigenvalue weighted by Crippen LogP contribution is -2.31. The summed E-state index contributed by atoms with van der Waals surface area (Å²) in [6.45, 7) is 4.47. The van der Waals surface area contributed by atoms with E-state index < -0.39 is 31.4 Å². The molecule has 2 N–H and O–H groups in total. The molecule has 1 amide bonds. The molecule has 0 atom stereocenters. The van der Waals surface area contributed by atoms with Crippen LogP contribution in [0.3, 0.4) is 0 Å². The minimum atomic E-state index is -4.47. The highest BCUT2D eigenvalue weighted by molar-refractivity contribution is 7.99. The third-order valence-corrected chi connectivity index (χ3v) is 9.59. The van der Waals surface area contributed by atoms with Crippen LogP contribution in [-0.2, 0) is 16.6 Å². The number of carbonyl (C=O) groups is 1. The molecule has 0 spiro atoms. The van der Waals surface area contributed by atoms with Crippen LogP contribution < -0.4 is 14.8 Å². The first-order valence-corrected chi connectivity index (χ1v) is 17.6. The van der Waals surface area contributed by atoms with Crippen molar-refractivity contribution in [1.82, 2.24) is 9.71 Å². The molecule has 10 nitrogen and oxygen atoms in total. The minimum absolute atomic E-state index is 0.0729. The summed E-state index contributed by atoms with van der Waals surface area (Å²) in [6.07, 6.45) is 0. The van der Waals surface area contributed by atoms with Gasteiger partial charge in [-0.25, -0.2) is 13.1 Å². The highest BCUT2D eigenvalue weighted by Gasteiger charge is 2.26. The zero-order chi connectivity index (χ0) is 34.1. The number of carbonyl (C=O) groups excluding carboxylic acids is 1. The van der Waals surface area contributed by atoms with Gasteiger partial charge < -0.3 is 10.1 Å². The van der Waals surface area contributed by atoms with Gasteiger partial charge in [0.2, 0.25) is 0 Å². The second-order valence-electron chi connectivity index (χ2n) is 11.0. The number of amides is 1. The van der Waals surface area contributed by atoms with Gasteiger partial charge in [-0.05, 0) is 60.0 Å². The number of rotatable bonds is 14. The second-order valence-corrected chi connectivity index (χ2v) is 13.9. The van der Waals surface area contributed by atoms with E-state index in [9.17, 15) is 23.3 Å². The van der Waals surface area contributed by atoms with Crippen molar-refractivity contribution in [3.05, 3.63) is 142 Å². The molecule has 5 aromatic rings. The van der Waals surface area contributed by atoms with E-state index in [0.717, 1.165) is 22.1 Å². The zero-order valence-corrected chi connectivity index (χ0v) is 28.0. The third kappa shape index (κ3) is 8.58. The summed E-state index contributed by atoms with van der Waals surface area (Å²) >= 11 is 1.58. The first-order chi connectivity index (χ1) is 23.1. The number of nitrogens with one attached hydrogen (secondary N) is 2. The van der Waals surface area contributed by atoms with Crippen LogP contribution in [-0.4, -0.2) is 36.5 Å². The first-order valence-electron chi connectivity index (χ1n) is 15.2. The first kappa shape index (κ1) is 34.1. The molecular weight excluding hydrogens is 649 g/mol. The second kappa shape index (κ2) is 15.6. The van der Waals surface area contributed by atoms with Gasteiger partial charge in [0.1, 0.15) is 18.0 Å². The van der Waals surface area contributed by atoms with Gasteiger partial charge in [-0.1, -0.05) is 74.5 Å². The Morgan fingerprint density at radius 2 is 1.60 bits per heavy atom. The van der Waals surface area contributed by atoms with E-state index in [-0.39, 0.29) is 17.2 Å². The van der Waals surface area contributed by atoms with Crippen molar-refractivity contribution in [2.75, 3.05) is 17.6 Å². The van der Waals surface area contributed by atoms with Crippen LogP contribution in [0.4, 0.5) is 11.4 Å². The van der Waals surface area contributed by atoms with Crippen LogP contribution in [0.25, 0.3) is 11.3 Å². The maximum absolute atomic E-state index is 13.4. The van der Waals surface area contributed by atoms with E-state index in [4.69, 9.17) is 9.72 Å². The fourth-order valence-corrected chi connectivity index (χ4v) is 6.66. The predicted molar refractivity (Wildman–Crippen MR) is 188 cm³/mol. The largest absolute Gasteiger partial charge is 0.488 e. The lowest BCUT2D eigenvalue weighted by atomic mass is 10.0. The van der Waals surface area contributed by atoms with Crippen molar-refractivity contribution in [3.63, 3.8) is 0 Å². The monoisotopic (exact) mass is 682 g/mol. The Morgan fingerprint density at radius 3 is 2.31 bits per heavy atom. The van der Waals surface area contributed by atoms with E-state index in [1.807, 2.05) is 98.8 Å². The number of nitro benzene ring substituents is 1. The SMILES string of the molecule is CC(C)c1nc(-c2ccccc2OCc2ccccc2)ccc1C(=O)NS(=O)(=O)c1ccc(NCCSc2ccccc2)c([N+](=O)[O-])c1. The van der Waals surface area contributed by atoms with Crippen molar-refractivity contribution in [3.8, 4) is 17.0 Å². The molecule has 48 heavy (non-hydrogen) atoms. The van der Waals surface area contributed by atoms with Crippen LogP contribution in [0.5, 0.6) is 5.75 Å². The lowest BCUT2D eigenvalue weighted by Gasteiger charge is -2.16. The number of nitro groups is 1. The van der Waals surface area contributed by atoms with Gasteiger partial charge in [0.15, 0.2) is 0 Å². The number of nitrogens with zero attached hydrogens (tertiary/aromatic N) is 2. The zero-order valence-electron chi connectivity index (χ0n) is 26.3. The van der Waals surface area contributed by atoms with Gasteiger partial charge >= 0.3 is 0 Å². The summed E-state index contributed by atoms with van der Waals surface area (Å²) in [6, 6.07) is 33.6. The quantitative estimate of drug-likeness (QED) is 0.0522. The number of anilines is 1. The Balaban J connectivity index is 1.32. The molecule has 0 saturated carbocycles. The molecule has 0 unspecified atom stereocenters. The molecule has 1 aromatic heterocycles. The van der Waals surface area contributed by atoms with Crippen molar-refractivity contribution in [1.29, 1.82) is 0 Å². The number of sulfonamides is 1. The molecule has 0 aliphatic rings. The number of para-hydroxylation sites is 1. The number of hydrogen-bond donors (Lipinski definition) is 2. The standard InChI is InChI=1S/C36H34N4O6S2/c1-25(2)35-30(18-20-31(38-35)29-15-9-10-16-34(29)46-24-26-11-5-3-6-12-26)36(41)39-48(44,45)28-17-19-32(33(23-28)40(42)43)37-21-22-47-27-13-7-4-8-14-27/h3-20,23,25,37H,21-22,24H2,1-2H3,(H,39,41). The third-order valence-electron chi connectivity index (χ3n) is 7.25. The predicted octanol–water partition coefficient (Wildman–Crippen LogP) is 7.68. The lowest BCUT2D eigenvalue weighted by molar-refractivity contribution is -0.384. The number of benzene rings is 4. The summed E-state index contributed by atoms with van der Waals surface area (Å²) in [5.41, 5.74) is 2.49. The maximum atomic E-state index is 13.4. The molecule has 4 aromatic carbocycles. The Morgan fingerprint density at radius 1 is 0.917 bits per heavy atom. The summed E-state index contributed by atoms with van der Waals surface area (Å²) in [5.74, 6) is 0.110. The highest BCUT2D eigenvalue weighted by Crippen LogP contribution is 2.32. The maximum Gasteiger partial charge on any atom is 0.293 e. The van der Waals surface area contributed by atoms with Crippen LogP contribution >= 0.6 is 11.8 Å². The number of pyridine rings is 1. The van der Waals surface area contributed by atoms with Crippen molar-refractivity contribution >= 4 is 39.1 Å².